The van der Waals surface area contributed by atoms with Crippen molar-refractivity contribution in [1.29, 1.82) is 0 Å². The van der Waals surface area contributed by atoms with Crippen LogP contribution in [0.3, 0.4) is 0 Å². The van der Waals surface area contributed by atoms with Crippen molar-refractivity contribution >= 4 is 5.78 Å². The van der Waals surface area contributed by atoms with Crippen LogP contribution in [-0.4, -0.2) is 5.78 Å². The van der Waals surface area contributed by atoms with Crippen LogP contribution in [0.2, 0.25) is 0 Å². The number of carbonyl (C=O) groups is 1. The average Bonchev–Trinajstić information content (AvgIpc) is 2.34. The lowest BCUT2D eigenvalue weighted by atomic mass is 9.89. The fourth-order valence-corrected chi connectivity index (χ4v) is 2.19. The molecule has 0 amide bonds. The van der Waals surface area contributed by atoms with E-state index in [1.807, 2.05) is 13.8 Å². The first kappa shape index (κ1) is 14.8. The minimum absolute atomic E-state index is 0.272. The molecule has 0 aliphatic carbocycles. The summed E-state index contributed by atoms with van der Waals surface area (Å²) in [6.45, 7) is 5.48. The second-order valence-corrected chi connectivity index (χ2v) is 4.69. The van der Waals surface area contributed by atoms with Gasteiger partial charge in [-0.2, -0.15) is 0 Å². The topological polar surface area (TPSA) is 17.1 Å². The van der Waals surface area contributed by atoms with E-state index in [0.29, 0.717) is 18.4 Å². The maximum Gasteiger partial charge on any atom is 0.171 e. The first-order valence-electron chi connectivity index (χ1n) is 6.51. The zero-order chi connectivity index (χ0) is 13.7. The van der Waals surface area contributed by atoms with Crippen LogP contribution < -0.4 is 0 Å². The van der Waals surface area contributed by atoms with Crippen molar-refractivity contribution < 1.29 is 13.6 Å². The molecule has 1 aromatic carbocycles. The Morgan fingerprint density at radius 3 is 2.22 bits per heavy atom. The predicted octanol–water partition coefficient (Wildman–Crippen LogP) is 4.67. The standard InChI is InChI=1S/C15H20F2O/c1-4-6-11(7-5-2)15(18)13-12(16)9-8-10(3)14(13)17/h8-9,11H,4-7H2,1-3H3. The molecule has 0 heterocycles. The summed E-state index contributed by atoms with van der Waals surface area (Å²) in [6.07, 6.45) is 3.04. The number of aryl methyl sites for hydroxylation is 1. The monoisotopic (exact) mass is 254 g/mol. The number of carbonyl (C=O) groups excluding carboxylic acids is 1. The third kappa shape index (κ3) is 3.15. The quantitative estimate of drug-likeness (QED) is 0.674. The van der Waals surface area contributed by atoms with Crippen LogP contribution in [0.4, 0.5) is 8.78 Å². The predicted molar refractivity (Wildman–Crippen MR) is 68.7 cm³/mol. The first-order valence-corrected chi connectivity index (χ1v) is 6.51. The Kier molecular flexibility index (Phi) is 5.45. The van der Waals surface area contributed by atoms with Gasteiger partial charge in [-0.15, -0.1) is 0 Å². The molecule has 3 heteroatoms. The van der Waals surface area contributed by atoms with E-state index in [-0.39, 0.29) is 11.5 Å². The molecule has 0 N–H and O–H groups in total. The highest BCUT2D eigenvalue weighted by molar-refractivity contribution is 5.98. The fourth-order valence-electron chi connectivity index (χ4n) is 2.19. The molecule has 0 radical (unpaired) electrons. The Balaban J connectivity index is 3.11. The molecular formula is C15H20F2O. The van der Waals surface area contributed by atoms with Crippen molar-refractivity contribution in [3.05, 3.63) is 34.9 Å². The minimum atomic E-state index is -0.750. The summed E-state index contributed by atoms with van der Waals surface area (Å²) in [4.78, 5) is 12.2. The number of hydrogen-bond acceptors (Lipinski definition) is 1. The highest BCUT2D eigenvalue weighted by atomic mass is 19.1. The summed E-state index contributed by atoms with van der Waals surface area (Å²) in [5, 5.41) is 0. The average molecular weight is 254 g/mol. The normalized spacial score (nSPS) is 11.0. The van der Waals surface area contributed by atoms with Gasteiger partial charge in [-0.3, -0.25) is 4.79 Å². The lowest BCUT2D eigenvalue weighted by Gasteiger charge is -2.15. The van der Waals surface area contributed by atoms with Gasteiger partial charge in [0.2, 0.25) is 0 Å². The molecule has 0 saturated heterocycles. The number of rotatable bonds is 6. The van der Waals surface area contributed by atoms with Crippen LogP contribution >= 0.6 is 0 Å². The minimum Gasteiger partial charge on any atom is -0.294 e. The second kappa shape index (κ2) is 6.62. The summed E-state index contributed by atoms with van der Waals surface area (Å²) in [6, 6.07) is 2.52. The summed E-state index contributed by atoms with van der Waals surface area (Å²) in [5.74, 6) is -2.12. The third-order valence-electron chi connectivity index (χ3n) is 3.18. The van der Waals surface area contributed by atoms with Crippen molar-refractivity contribution in [2.75, 3.05) is 0 Å². The molecule has 18 heavy (non-hydrogen) atoms. The third-order valence-corrected chi connectivity index (χ3v) is 3.18. The zero-order valence-corrected chi connectivity index (χ0v) is 11.2. The molecular weight excluding hydrogens is 234 g/mol. The van der Waals surface area contributed by atoms with Gasteiger partial charge in [0.15, 0.2) is 5.78 Å². The van der Waals surface area contributed by atoms with Crippen molar-refractivity contribution in [3.8, 4) is 0 Å². The van der Waals surface area contributed by atoms with Crippen LogP contribution in [-0.2, 0) is 0 Å². The number of halogens is 2. The molecule has 0 aliphatic rings. The Morgan fingerprint density at radius 1 is 1.17 bits per heavy atom. The Hall–Kier alpha value is -1.25. The van der Waals surface area contributed by atoms with Gasteiger partial charge >= 0.3 is 0 Å². The van der Waals surface area contributed by atoms with Crippen LogP contribution in [0.25, 0.3) is 0 Å². The van der Waals surface area contributed by atoms with Crippen molar-refractivity contribution in [3.63, 3.8) is 0 Å². The lowest BCUT2D eigenvalue weighted by Crippen LogP contribution is -2.18. The Bertz CT molecular complexity index is 421. The summed E-state index contributed by atoms with van der Waals surface area (Å²) < 4.78 is 27.6. The summed E-state index contributed by atoms with van der Waals surface area (Å²) in [5.41, 5.74) is -0.0478. The number of ketones is 1. The van der Waals surface area contributed by atoms with Crippen LogP contribution in [0.15, 0.2) is 12.1 Å². The fraction of sp³-hybridized carbons (Fsp3) is 0.533. The van der Waals surface area contributed by atoms with Gasteiger partial charge in [-0.1, -0.05) is 32.8 Å². The molecule has 0 bridgehead atoms. The number of hydrogen-bond donors (Lipinski definition) is 0. The molecule has 0 aromatic heterocycles. The highest BCUT2D eigenvalue weighted by Gasteiger charge is 2.25. The van der Waals surface area contributed by atoms with Crippen LogP contribution in [0, 0.1) is 24.5 Å². The van der Waals surface area contributed by atoms with E-state index in [0.717, 1.165) is 12.8 Å². The lowest BCUT2D eigenvalue weighted by molar-refractivity contribution is 0.0896. The molecule has 0 atom stereocenters. The maximum absolute atomic E-state index is 13.9. The van der Waals surface area contributed by atoms with E-state index in [2.05, 4.69) is 0 Å². The van der Waals surface area contributed by atoms with Crippen molar-refractivity contribution in [2.45, 2.75) is 46.5 Å². The first-order chi connectivity index (χ1) is 8.52. The van der Waals surface area contributed by atoms with E-state index in [1.165, 1.54) is 12.1 Å². The van der Waals surface area contributed by atoms with Gasteiger partial charge in [-0.05, 0) is 31.4 Å². The van der Waals surface area contributed by atoms with E-state index in [1.54, 1.807) is 6.92 Å². The Morgan fingerprint density at radius 2 is 1.72 bits per heavy atom. The van der Waals surface area contributed by atoms with Crippen molar-refractivity contribution in [2.24, 2.45) is 5.92 Å². The number of benzene rings is 1. The van der Waals surface area contributed by atoms with Gasteiger partial charge in [0.1, 0.15) is 11.6 Å². The second-order valence-electron chi connectivity index (χ2n) is 4.69. The molecule has 1 rings (SSSR count). The molecule has 1 nitrogen and oxygen atoms in total. The molecule has 0 unspecified atom stereocenters. The van der Waals surface area contributed by atoms with Crippen LogP contribution in [0.5, 0.6) is 0 Å². The molecule has 1 aromatic rings. The smallest absolute Gasteiger partial charge is 0.171 e. The van der Waals surface area contributed by atoms with Gasteiger partial charge in [0.25, 0.3) is 0 Å². The highest BCUT2D eigenvalue weighted by Crippen LogP contribution is 2.24. The molecule has 0 aliphatic heterocycles. The van der Waals surface area contributed by atoms with Gasteiger partial charge in [-0.25, -0.2) is 8.78 Å². The van der Waals surface area contributed by atoms with E-state index in [9.17, 15) is 13.6 Å². The van der Waals surface area contributed by atoms with E-state index < -0.39 is 17.4 Å². The number of Topliss-reactive ketones (excluding diaryl/α,β-unsaturated/α-hetero) is 1. The molecule has 100 valence electrons. The molecule has 0 saturated carbocycles. The Labute approximate surface area is 107 Å². The van der Waals surface area contributed by atoms with Gasteiger partial charge in [0.05, 0.1) is 5.56 Å². The van der Waals surface area contributed by atoms with E-state index >= 15 is 0 Å². The molecule has 0 fully saturated rings. The molecule has 0 spiro atoms. The summed E-state index contributed by atoms with van der Waals surface area (Å²) in [7, 11) is 0. The van der Waals surface area contributed by atoms with Crippen molar-refractivity contribution in [1.82, 2.24) is 0 Å². The maximum atomic E-state index is 13.9. The van der Waals surface area contributed by atoms with E-state index in [4.69, 9.17) is 0 Å². The largest absolute Gasteiger partial charge is 0.294 e. The van der Waals surface area contributed by atoms with Crippen LogP contribution in [0.1, 0.15) is 55.5 Å². The SMILES string of the molecule is CCCC(CCC)C(=O)c1c(F)ccc(C)c1F. The zero-order valence-electron chi connectivity index (χ0n) is 11.2. The summed E-state index contributed by atoms with van der Waals surface area (Å²) >= 11 is 0. The van der Waals surface area contributed by atoms with Gasteiger partial charge < -0.3 is 0 Å². The van der Waals surface area contributed by atoms with Gasteiger partial charge in [0, 0.05) is 5.92 Å².